The summed E-state index contributed by atoms with van der Waals surface area (Å²) in [6.07, 6.45) is 0.858. The molecule has 1 aromatic heterocycles. The molecule has 0 saturated heterocycles. The lowest BCUT2D eigenvalue weighted by molar-refractivity contribution is 0.167. The van der Waals surface area contributed by atoms with E-state index in [0.717, 1.165) is 12.1 Å². The third-order valence-corrected chi connectivity index (χ3v) is 4.13. The number of phosphoric ester groups is 1. The van der Waals surface area contributed by atoms with Crippen molar-refractivity contribution in [2.75, 3.05) is 13.2 Å². The number of rotatable bonds is 8. The molecule has 1 rings (SSSR count). The first kappa shape index (κ1) is 17.0. The molecule has 0 aliphatic carbocycles. The highest BCUT2D eigenvalue weighted by molar-refractivity contribution is 7.48. The molecule has 0 fully saturated rings. The fraction of sp³-hybridized carbons (Fsp3) is 0.615. The Morgan fingerprint density at radius 3 is 2.20 bits per heavy atom. The van der Waals surface area contributed by atoms with Crippen LogP contribution in [0.2, 0.25) is 0 Å². The van der Waals surface area contributed by atoms with E-state index in [1.165, 1.54) is 6.07 Å². The van der Waals surface area contributed by atoms with Gasteiger partial charge in [-0.05, 0) is 27.2 Å². The molecule has 0 atom stereocenters. The van der Waals surface area contributed by atoms with E-state index >= 15 is 0 Å². The third-order valence-electron chi connectivity index (χ3n) is 2.55. The highest BCUT2D eigenvalue weighted by Crippen LogP contribution is 2.49. The summed E-state index contributed by atoms with van der Waals surface area (Å²) in [6, 6.07) is 2.95. The molecule has 0 bridgehead atoms. The number of hydrogen-bond donors (Lipinski definition) is 0. The molecule has 0 saturated carbocycles. The summed E-state index contributed by atoms with van der Waals surface area (Å²) in [6.45, 7) is 8.22. The van der Waals surface area contributed by atoms with Crippen LogP contribution in [0.5, 0.6) is 5.75 Å². The van der Waals surface area contributed by atoms with Crippen LogP contribution in [0.3, 0.4) is 0 Å². The van der Waals surface area contributed by atoms with Gasteiger partial charge in [-0.3, -0.25) is 13.8 Å². The second-order valence-corrected chi connectivity index (χ2v) is 5.79. The largest absolute Gasteiger partial charge is 0.530 e. The van der Waals surface area contributed by atoms with Crippen molar-refractivity contribution in [3.05, 3.63) is 28.2 Å². The van der Waals surface area contributed by atoms with E-state index in [2.05, 4.69) is 0 Å². The standard InChI is InChI=1S/C13H22NO5P/c1-5-8-14-11(4)9-12(10-13(14)15)19-20(16,17-6-2)18-7-3/h9-10H,5-8H2,1-4H3. The zero-order valence-electron chi connectivity index (χ0n) is 12.4. The molecule has 1 heterocycles. The molecule has 0 radical (unpaired) electrons. The zero-order valence-corrected chi connectivity index (χ0v) is 13.3. The fourth-order valence-corrected chi connectivity index (χ4v) is 2.97. The molecular formula is C13H22NO5P. The van der Waals surface area contributed by atoms with Crippen molar-refractivity contribution in [1.82, 2.24) is 4.57 Å². The van der Waals surface area contributed by atoms with Crippen molar-refractivity contribution in [3.8, 4) is 5.75 Å². The van der Waals surface area contributed by atoms with Crippen LogP contribution in [0.15, 0.2) is 16.9 Å². The number of pyridine rings is 1. The quantitative estimate of drug-likeness (QED) is 0.690. The van der Waals surface area contributed by atoms with Gasteiger partial charge in [-0.2, -0.15) is 0 Å². The van der Waals surface area contributed by atoms with E-state index in [4.69, 9.17) is 13.6 Å². The molecule has 1 aromatic rings. The van der Waals surface area contributed by atoms with Gasteiger partial charge in [-0.1, -0.05) is 6.92 Å². The minimum atomic E-state index is -3.66. The summed E-state index contributed by atoms with van der Waals surface area (Å²) in [7, 11) is -3.66. The van der Waals surface area contributed by atoms with E-state index < -0.39 is 7.82 Å². The Kier molecular flexibility index (Phi) is 6.46. The summed E-state index contributed by atoms with van der Waals surface area (Å²) in [4.78, 5) is 12.0. The molecular weight excluding hydrogens is 281 g/mol. The first-order valence-electron chi connectivity index (χ1n) is 6.76. The van der Waals surface area contributed by atoms with Gasteiger partial charge in [0.05, 0.1) is 13.2 Å². The Morgan fingerprint density at radius 2 is 1.75 bits per heavy atom. The van der Waals surface area contributed by atoms with Crippen molar-refractivity contribution >= 4 is 7.82 Å². The Bertz CT molecular complexity index is 530. The highest BCUT2D eigenvalue weighted by atomic mass is 31.2. The molecule has 0 N–H and O–H groups in total. The van der Waals surface area contributed by atoms with Gasteiger partial charge < -0.3 is 9.09 Å². The summed E-state index contributed by atoms with van der Waals surface area (Å²) in [5.41, 5.74) is 0.551. The Morgan fingerprint density at radius 1 is 1.15 bits per heavy atom. The summed E-state index contributed by atoms with van der Waals surface area (Å²) >= 11 is 0. The number of hydrogen-bond acceptors (Lipinski definition) is 5. The van der Waals surface area contributed by atoms with E-state index in [-0.39, 0.29) is 24.5 Å². The molecule has 0 spiro atoms. The van der Waals surface area contributed by atoms with Crippen LogP contribution in [0, 0.1) is 6.92 Å². The van der Waals surface area contributed by atoms with Crippen molar-refractivity contribution in [3.63, 3.8) is 0 Å². The lowest BCUT2D eigenvalue weighted by Crippen LogP contribution is -2.21. The van der Waals surface area contributed by atoms with E-state index in [9.17, 15) is 9.36 Å². The molecule has 0 aromatic carbocycles. The van der Waals surface area contributed by atoms with Gasteiger partial charge in [0.2, 0.25) is 0 Å². The molecule has 114 valence electrons. The van der Waals surface area contributed by atoms with Gasteiger partial charge in [0.1, 0.15) is 5.75 Å². The van der Waals surface area contributed by atoms with Crippen LogP contribution < -0.4 is 10.1 Å². The van der Waals surface area contributed by atoms with Gasteiger partial charge >= 0.3 is 7.82 Å². The fourth-order valence-electron chi connectivity index (χ4n) is 1.80. The number of phosphoric acid groups is 1. The van der Waals surface area contributed by atoms with Crippen LogP contribution in [0.1, 0.15) is 32.9 Å². The Labute approximate surface area is 119 Å². The molecule has 0 aliphatic heterocycles. The molecule has 0 amide bonds. The predicted molar refractivity (Wildman–Crippen MR) is 77.2 cm³/mol. The number of aromatic nitrogens is 1. The van der Waals surface area contributed by atoms with E-state index in [1.807, 2.05) is 6.92 Å². The SMILES string of the molecule is CCCn1c(C)cc(OP(=O)(OCC)OCC)cc1=O. The lowest BCUT2D eigenvalue weighted by Gasteiger charge is -2.18. The van der Waals surface area contributed by atoms with Crippen molar-refractivity contribution in [2.45, 2.75) is 40.7 Å². The highest BCUT2D eigenvalue weighted by Gasteiger charge is 2.27. The normalized spacial score (nSPS) is 11.6. The maximum atomic E-state index is 12.2. The van der Waals surface area contributed by atoms with Crippen molar-refractivity contribution in [2.24, 2.45) is 0 Å². The van der Waals surface area contributed by atoms with Crippen LogP contribution in [-0.4, -0.2) is 17.8 Å². The maximum absolute atomic E-state index is 12.2. The van der Waals surface area contributed by atoms with Crippen LogP contribution in [0.4, 0.5) is 0 Å². The minimum absolute atomic E-state index is 0.193. The second-order valence-electron chi connectivity index (χ2n) is 4.20. The smallest absolute Gasteiger partial charge is 0.404 e. The van der Waals surface area contributed by atoms with Crippen molar-refractivity contribution in [1.29, 1.82) is 0 Å². The lowest BCUT2D eigenvalue weighted by atomic mass is 10.3. The van der Waals surface area contributed by atoms with Gasteiger partial charge in [0.15, 0.2) is 0 Å². The monoisotopic (exact) mass is 303 g/mol. The predicted octanol–water partition coefficient (Wildman–Crippen LogP) is 3.13. The third kappa shape index (κ3) is 4.47. The molecule has 0 unspecified atom stereocenters. The van der Waals surface area contributed by atoms with Gasteiger partial charge in [0.25, 0.3) is 5.56 Å². The van der Waals surface area contributed by atoms with Gasteiger partial charge in [-0.25, -0.2) is 4.57 Å². The number of aryl methyl sites for hydroxylation is 1. The number of nitrogens with zero attached hydrogens (tertiary/aromatic N) is 1. The van der Waals surface area contributed by atoms with E-state index in [1.54, 1.807) is 31.4 Å². The van der Waals surface area contributed by atoms with Crippen LogP contribution >= 0.6 is 7.82 Å². The summed E-state index contributed by atoms with van der Waals surface area (Å²) < 4.78 is 29.2. The molecule has 20 heavy (non-hydrogen) atoms. The first-order valence-corrected chi connectivity index (χ1v) is 8.22. The Balaban J connectivity index is 3.03. The topological polar surface area (TPSA) is 66.8 Å². The first-order chi connectivity index (χ1) is 9.45. The van der Waals surface area contributed by atoms with Crippen LogP contribution in [0.25, 0.3) is 0 Å². The maximum Gasteiger partial charge on any atom is 0.530 e. The van der Waals surface area contributed by atoms with Gasteiger partial charge in [-0.15, -0.1) is 0 Å². The van der Waals surface area contributed by atoms with Crippen LogP contribution in [-0.2, 0) is 20.2 Å². The molecule has 6 nitrogen and oxygen atoms in total. The summed E-state index contributed by atoms with van der Waals surface area (Å²) in [5, 5.41) is 0. The zero-order chi connectivity index (χ0) is 15.2. The Hall–Kier alpha value is -1.10. The van der Waals surface area contributed by atoms with E-state index in [0.29, 0.717) is 6.54 Å². The molecule has 0 aliphatic rings. The average Bonchev–Trinajstić information content (AvgIpc) is 2.34. The van der Waals surface area contributed by atoms with Crippen molar-refractivity contribution < 1.29 is 18.1 Å². The average molecular weight is 303 g/mol. The molecule has 7 heteroatoms. The minimum Gasteiger partial charge on any atom is -0.404 e. The summed E-state index contributed by atoms with van der Waals surface area (Å²) in [5.74, 6) is 0.199. The second kappa shape index (κ2) is 7.62. The van der Waals surface area contributed by atoms with Gasteiger partial charge in [0, 0.05) is 24.4 Å².